The van der Waals surface area contributed by atoms with E-state index in [2.05, 4.69) is 49.6 Å². The van der Waals surface area contributed by atoms with Gasteiger partial charge < -0.3 is 10.6 Å². The molecule has 0 saturated heterocycles. The van der Waals surface area contributed by atoms with Gasteiger partial charge in [-0.25, -0.2) is 9.97 Å². The third-order valence-corrected chi connectivity index (χ3v) is 3.29. The van der Waals surface area contributed by atoms with Gasteiger partial charge >= 0.3 is 0 Å². The maximum absolute atomic E-state index is 5.80. The molecule has 1 unspecified atom stereocenters. The van der Waals surface area contributed by atoms with Gasteiger partial charge in [0.05, 0.1) is 0 Å². The van der Waals surface area contributed by atoms with Crippen molar-refractivity contribution in [2.45, 2.75) is 47.1 Å². The smallest absolute Gasteiger partial charge is 0.134 e. The molecule has 1 aromatic rings. The minimum absolute atomic E-state index is 0.195. The molecule has 0 aliphatic heterocycles. The van der Waals surface area contributed by atoms with Gasteiger partial charge in [0.2, 0.25) is 0 Å². The van der Waals surface area contributed by atoms with Crippen LogP contribution in [0.1, 0.15) is 40.4 Å². The largest absolute Gasteiger partial charge is 0.384 e. The minimum atomic E-state index is 0.195. The highest BCUT2D eigenvalue weighted by molar-refractivity contribution is 5.47. The SMILES string of the molecule is CCc1nc(N)cc(N(C)C(C)C(C)(C)C)n1. The Morgan fingerprint density at radius 1 is 1.35 bits per heavy atom. The Kier molecular flexibility index (Phi) is 3.96. The molecule has 0 amide bonds. The van der Waals surface area contributed by atoms with Crippen LogP contribution in [0.25, 0.3) is 0 Å². The fourth-order valence-corrected chi connectivity index (χ4v) is 1.62. The Morgan fingerprint density at radius 2 is 1.94 bits per heavy atom. The van der Waals surface area contributed by atoms with Gasteiger partial charge in [-0.2, -0.15) is 0 Å². The van der Waals surface area contributed by atoms with Crippen LogP contribution in [-0.2, 0) is 6.42 Å². The molecular weight excluding hydrogens is 212 g/mol. The summed E-state index contributed by atoms with van der Waals surface area (Å²) in [4.78, 5) is 10.9. The van der Waals surface area contributed by atoms with Crippen LogP contribution < -0.4 is 10.6 Å². The van der Waals surface area contributed by atoms with Gasteiger partial charge in [-0.3, -0.25) is 0 Å². The van der Waals surface area contributed by atoms with Crippen LogP contribution in [0.3, 0.4) is 0 Å². The molecule has 0 bridgehead atoms. The highest BCUT2D eigenvalue weighted by Crippen LogP contribution is 2.26. The highest BCUT2D eigenvalue weighted by atomic mass is 15.2. The number of hydrogen-bond acceptors (Lipinski definition) is 4. The van der Waals surface area contributed by atoms with Crippen molar-refractivity contribution in [2.24, 2.45) is 5.41 Å². The van der Waals surface area contributed by atoms with E-state index in [4.69, 9.17) is 5.73 Å². The molecule has 1 atom stereocenters. The van der Waals surface area contributed by atoms with E-state index in [1.165, 1.54) is 0 Å². The van der Waals surface area contributed by atoms with Crippen LogP contribution in [0.2, 0.25) is 0 Å². The van der Waals surface area contributed by atoms with Gasteiger partial charge in [0, 0.05) is 25.6 Å². The number of aryl methyl sites for hydroxylation is 1. The van der Waals surface area contributed by atoms with Crippen molar-refractivity contribution >= 4 is 11.6 Å². The number of hydrogen-bond donors (Lipinski definition) is 1. The van der Waals surface area contributed by atoms with E-state index in [1.54, 1.807) is 0 Å². The molecule has 0 spiro atoms. The zero-order chi connectivity index (χ0) is 13.2. The van der Waals surface area contributed by atoms with Crippen molar-refractivity contribution < 1.29 is 0 Å². The lowest BCUT2D eigenvalue weighted by atomic mass is 9.87. The molecule has 0 aliphatic rings. The quantitative estimate of drug-likeness (QED) is 0.876. The topological polar surface area (TPSA) is 55.0 Å². The first-order chi connectivity index (χ1) is 7.75. The third-order valence-electron chi connectivity index (χ3n) is 3.29. The molecule has 0 fully saturated rings. The van der Waals surface area contributed by atoms with Gasteiger partial charge in [0.1, 0.15) is 17.5 Å². The van der Waals surface area contributed by atoms with E-state index < -0.39 is 0 Å². The average molecular weight is 236 g/mol. The Balaban J connectivity index is 3.03. The predicted molar refractivity (Wildman–Crippen MR) is 73.1 cm³/mol. The Bertz CT molecular complexity index is 381. The number of nitrogens with zero attached hydrogens (tertiary/aromatic N) is 3. The summed E-state index contributed by atoms with van der Waals surface area (Å²) in [5.74, 6) is 2.24. The minimum Gasteiger partial charge on any atom is -0.384 e. The fourth-order valence-electron chi connectivity index (χ4n) is 1.62. The van der Waals surface area contributed by atoms with E-state index in [9.17, 15) is 0 Å². The molecule has 0 saturated carbocycles. The Morgan fingerprint density at radius 3 is 2.41 bits per heavy atom. The van der Waals surface area contributed by atoms with E-state index in [1.807, 2.05) is 13.0 Å². The van der Waals surface area contributed by atoms with Crippen LogP contribution in [0, 0.1) is 5.41 Å². The van der Waals surface area contributed by atoms with Crippen molar-refractivity contribution in [3.05, 3.63) is 11.9 Å². The summed E-state index contributed by atoms with van der Waals surface area (Å²) in [7, 11) is 2.05. The molecule has 0 aliphatic carbocycles. The van der Waals surface area contributed by atoms with Crippen LogP contribution in [0.5, 0.6) is 0 Å². The summed E-state index contributed by atoms with van der Waals surface area (Å²) in [6.07, 6.45) is 0.801. The molecule has 0 radical (unpaired) electrons. The molecule has 17 heavy (non-hydrogen) atoms. The van der Waals surface area contributed by atoms with Gasteiger partial charge in [0.25, 0.3) is 0 Å². The van der Waals surface area contributed by atoms with Crippen LogP contribution >= 0.6 is 0 Å². The second-order valence-corrected chi connectivity index (χ2v) is 5.57. The van der Waals surface area contributed by atoms with E-state index in [-0.39, 0.29) is 5.41 Å². The number of rotatable bonds is 3. The van der Waals surface area contributed by atoms with E-state index >= 15 is 0 Å². The first-order valence-corrected chi connectivity index (χ1v) is 6.12. The molecule has 1 aromatic heterocycles. The maximum atomic E-state index is 5.80. The normalized spacial score (nSPS) is 13.5. The molecule has 4 heteroatoms. The monoisotopic (exact) mass is 236 g/mol. The van der Waals surface area contributed by atoms with Gasteiger partial charge in [-0.15, -0.1) is 0 Å². The summed E-state index contributed by atoms with van der Waals surface area (Å²) < 4.78 is 0. The maximum Gasteiger partial charge on any atom is 0.134 e. The van der Waals surface area contributed by atoms with Crippen LogP contribution in [0.15, 0.2) is 6.07 Å². The molecular formula is C13H24N4. The van der Waals surface area contributed by atoms with Gasteiger partial charge in [0.15, 0.2) is 0 Å². The van der Waals surface area contributed by atoms with Crippen molar-refractivity contribution in [3.8, 4) is 0 Å². The summed E-state index contributed by atoms with van der Waals surface area (Å²) in [6, 6.07) is 2.21. The van der Waals surface area contributed by atoms with Crippen molar-refractivity contribution in [3.63, 3.8) is 0 Å². The molecule has 96 valence electrons. The standard InChI is InChI=1S/C13H24N4/c1-7-11-15-10(14)8-12(16-11)17(6)9(2)13(3,4)5/h8-9H,7H2,1-6H3,(H2,14,15,16). The lowest BCUT2D eigenvalue weighted by molar-refractivity contribution is 0.328. The van der Waals surface area contributed by atoms with Crippen molar-refractivity contribution in [2.75, 3.05) is 17.7 Å². The fraction of sp³-hybridized carbons (Fsp3) is 0.692. The first-order valence-electron chi connectivity index (χ1n) is 6.12. The van der Waals surface area contributed by atoms with E-state index in [0.717, 1.165) is 18.1 Å². The third kappa shape index (κ3) is 3.32. The number of aromatic nitrogens is 2. The lowest BCUT2D eigenvalue weighted by Crippen LogP contribution is -2.40. The molecule has 2 N–H and O–H groups in total. The summed E-state index contributed by atoms with van der Waals surface area (Å²) in [5, 5.41) is 0. The van der Waals surface area contributed by atoms with Gasteiger partial charge in [-0.05, 0) is 12.3 Å². The lowest BCUT2D eigenvalue weighted by Gasteiger charge is -2.36. The van der Waals surface area contributed by atoms with Crippen LogP contribution in [0.4, 0.5) is 11.6 Å². The van der Waals surface area contributed by atoms with Crippen LogP contribution in [-0.4, -0.2) is 23.1 Å². The van der Waals surface area contributed by atoms with E-state index in [0.29, 0.717) is 11.9 Å². The molecule has 4 nitrogen and oxygen atoms in total. The van der Waals surface area contributed by atoms with Gasteiger partial charge in [-0.1, -0.05) is 27.7 Å². The van der Waals surface area contributed by atoms with Crippen molar-refractivity contribution in [1.82, 2.24) is 9.97 Å². The first kappa shape index (κ1) is 13.7. The molecule has 1 rings (SSSR count). The Hall–Kier alpha value is -1.32. The number of nitrogens with two attached hydrogens (primary N) is 1. The number of anilines is 2. The average Bonchev–Trinajstić information content (AvgIpc) is 2.24. The second-order valence-electron chi connectivity index (χ2n) is 5.57. The molecule has 0 aromatic carbocycles. The second kappa shape index (κ2) is 4.90. The summed E-state index contributed by atoms with van der Waals surface area (Å²) >= 11 is 0. The predicted octanol–water partition coefficient (Wildman–Crippen LogP) is 2.49. The zero-order valence-electron chi connectivity index (χ0n) is 11.8. The van der Waals surface area contributed by atoms with Crippen molar-refractivity contribution in [1.29, 1.82) is 0 Å². The molecule has 1 heterocycles. The zero-order valence-corrected chi connectivity index (χ0v) is 11.8. The highest BCUT2D eigenvalue weighted by Gasteiger charge is 2.25. The Labute approximate surface area is 104 Å². The number of nitrogen functional groups attached to an aromatic ring is 1. The summed E-state index contributed by atoms with van der Waals surface area (Å²) in [6.45, 7) is 10.9. The summed E-state index contributed by atoms with van der Waals surface area (Å²) in [5.41, 5.74) is 6.00.